The van der Waals surface area contributed by atoms with Crippen LogP contribution in [-0.4, -0.2) is 48.8 Å². The second-order valence-electron chi connectivity index (χ2n) is 8.92. The summed E-state index contributed by atoms with van der Waals surface area (Å²) in [5, 5.41) is 18.6. The lowest BCUT2D eigenvalue weighted by atomic mass is 9.61. The van der Waals surface area contributed by atoms with Crippen molar-refractivity contribution in [2.75, 3.05) is 12.4 Å². The van der Waals surface area contributed by atoms with Gasteiger partial charge in [-0.2, -0.15) is 4.52 Å². The molecule has 4 heterocycles. The summed E-state index contributed by atoms with van der Waals surface area (Å²) in [5.74, 6) is 0.170. The monoisotopic (exact) mass is 450 g/mol. The van der Waals surface area contributed by atoms with E-state index in [4.69, 9.17) is 9.72 Å². The number of fused-ring (bicyclic) bond motifs is 5. The number of aromatic nitrogens is 5. The molecule has 3 aliphatic rings. The average Bonchev–Trinajstić information content (AvgIpc) is 3.43. The first-order chi connectivity index (χ1) is 16.0. The normalized spacial score (nSPS) is 24.4. The SMILES string of the molecule is COc1ccc2c(NC3C4CCC(CC4)[C@@H]3C(=O)O)nc(-c3c[nH]c4ncc(F)cc34)nn12. The number of nitrogens with one attached hydrogen (secondary N) is 2. The van der Waals surface area contributed by atoms with E-state index in [0.717, 1.165) is 31.9 Å². The first-order valence-electron chi connectivity index (χ1n) is 11.1. The molecule has 1 unspecified atom stereocenters. The summed E-state index contributed by atoms with van der Waals surface area (Å²) >= 11 is 0. The van der Waals surface area contributed by atoms with Crippen molar-refractivity contribution in [3.63, 3.8) is 0 Å². The highest BCUT2D eigenvalue weighted by Crippen LogP contribution is 2.46. The molecule has 10 heteroatoms. The Morgan fingerprint density at radius 2 is 2.06 bits per heavy atom. The van der Waals surface area contributed by atoms with E-state index in [0.29, 0.717) is 39.6 Å². The Kier molecular flexibility index (Phi) is 4.49. The second-order valence-corrected chi connectivity index (χ2v) is 8.92. The van der Waals surface area contributed by atoms with Gasteiger partial charge in [-0.05, 0) is 49.7 Å². The van der Waals surface area contributed by atoms with E-state index < -0.39 is 17.7 Å². The lowest BCUT2D eigenvalue weighted by Crippen LogP contribution is -2.51. The third kappa shape index (κ3) is 3.12. The van der Waals surface area contributed by atoms with Crippen LogP contribution in [0.1, 0.15) is 25.7 Å². The van der Waals surface area contributed by atoms with Gasteiger partial charge in [0.25, 0.3) is 0 Å². The van der Waals surface area contributed by atoms with Gasteiger partial charge >= 0.3 is 5.97 Å². The Balaban J connectivity index is 1.50. The van der Waals surface area contributed by atoms with Crippen LogP contribution in [0.15, 0.2) is 30.6 Å². The van der Waals surface area contributed by atoms with Crippen LogP contribution in [0.4, 0.5) is 10.2 Å². The Bertz CT molecular complexity index is 1370. The predicted octanol–water partition coefficient (Wildman–Crippen LogP) is 3.72. The third-order valence-electron chi connectivity index (χ3n) is 7.23. The van der Waals surface area contributed by atoms with Gasteiger partial charge in [0.05, 0.1) is 19.2 Å². The minimum atomic E-state index is -0.765. The topological polar surface area (TPSA) is 117 Å². The molecule has 170 valence electrons. The highest BCUT2D eigenvalue weighted by atomic mass is 19.1. The zero-order chi connectivity index (χ0) is 22.7. The zero-order valence-corrected chi connectivity index (χ0v) is 18.0. The number of halogens is 1. The van der Waals surface area contributed by atoms with Crippen LogP contribution in [-0.2, 0) is 4.79 Å². The highest BCUT2D eigenvalue weighted by molar-refractivity contribution is 5.92. The number of hydrogen-bond acceptors (Lipinski definition) is 6. The number of aromatic amines is 1. The number of ether oxygens (including phenoxy) is 1. The van der Waals surface area contributed by atoms with Gasteiger partial charge < -0.3 is 20.1 Å². The van der Waals surface area contributed by atoms with Crippen molar-refractivity contribution < 1.29 is 19.0 Å². The zero-order valence-electron chi connectivity index (χ0n) is 18.0. The molecule has 4 aromatic rings. The third-order valence-corrected chi connectivity index (χ3v) is 7.23. The van der Waals surface area contributed by atoms with Crippen molar-refractivity contribution in [1.29, 1.82) is 0 Å². The molecular weight excluding hydrogens is 427 g/mol. The van der Waals surface area contributed by atoms with E-state index in [1.807, 2.05) is 6.07 Å². The molecule has 0 saturated heterocycles. The van der Waals surface area contributed by atoms with Crippen molar-refractivity contribution in [2.24, 2.45) is 17.8 Å². The van der Waals surface area contributed by atoms with E-state index in [2.05, 4.69) is 20.4 Å². The molecule has 3 N–H and O–H groups in total. The van der Waals surface area contributed by atoms with Crippen LogP contribution >= 0.6 is 0 Å². The molecule has 7 rings (SSSR count). The van der Waals surface area contributed by atoms with E-state index in [1.165, 1.54) is 6.07 Å². The van der Waals surface area contributed by atoms with Crippen LogP contribution in [0.3, 0.4) is 0 Å². The van der Waals surface area contributed by atoms with Crippen molar-refractivity contribution in [3.05, 3.63) is 36.4 Å². The number of rotatable bonds is 5. The first-order valence-corrected chi connectivity index (χ1v) is 11.1. The number of hydrogen-bond donors (Lipinski definition) is 3. The fraction of sp³-hybridized carbons (Fsp3) is 0.391. The van der Waals surface area contributed by atoms with Crippen LogP contribution in [0.2, 0.25) is 0 Å². The molecule has 2 bridgehead atoms. The van der Waals surface area contributed by atoms with Gasteiger partial charge in [0, 0.05) is 29.3 Å². The number of carboxylic acid groups (broad SMARTS) is 1. The summed E-state index contributed by atoms with van der Waals surface area (Å²) in [4.78, 5) is 24.0. The number of carbonyl (C=O) groups is 1. The maximum Gasteiger partial charge on any atom is 0.308 e. The predicted molar refractivity (Wildman–Crippen MR) is 119 cm³/mol. The molecule has 33 heavy (non-hydrogen) atoms. The standard InChI is InChI=1S/C23H23FN6O3/c1-33-17-7-6-16-22(27-19-12-4-2-11(3-5-12)18(19)23(31)32)28-21(29-30(16)17)15-10-26-20-14(15)8-13(24)9-25-20/h6-12,18-19H,2-5H2,1H3,(H,25,26)(H,31,32)(H,27,28,29)/t11?,12?,18-,19?/m0/s1. The number of pyridine rings is 1. The summed E-state index contributed by atoms with van der Waals surface area (Å²) in [7, 11) is 1.56. The number of methoxy groups -OCH3 is 1. The molecule has 3 saturated carbocycles. The minimum Gasteiger partial charge on any atom is -0.481 e. The summed E-state index contributed by atoms with van der Waals surface area (Å²) < 4.78 is 21.0. The Morgan fingerprint density at radius 3 is 2.82 bits per heavy atom. The van der Waals surface area contributed by atoms with Gasteiger partial charge in [-0.3, -0.25) is 4.79 Å². The van der Waals surface area contributed by atoms with Gasteiger partial charge in [-0.25, -0.2) is 14.4 Å². The van der Waals surface area contributed by atoms with E-state index in [9.17, 15) is 14.3 Å². The second kappa shape index (κ2) is 7.43. The number of anilines is 1. The molecule has 0 radical (unpaired) electrons. The van der Waals surface area contributed by atoms with Crippen molar-refractivity contribution >= 4 is 28.3 Å². The summed E-state index contributed by atoms with van der Waals surface area (Å²) in [6.45, 7) is 0. The molecule has 3 fully saturated rings. The molecule has 0 amide bonds. The quantitative estimate of drug-likeness (QED) is 0.424. The minimum absolute atomic E-state index is 0.173. The van der Waals surface area contributed by atoms with Crippen molar-refractivity contribution in [2.45, 2.75) is 31.7 Å². The lowest BCUT2D eigenvalue weighted by Gasteiger charge is -2.47. The van der Waals surface area contributed by atoms with Crippen LogP contribution in [0.25, 0.3) is 27.9 Å². The molecular formula is C23H23FN6O3. The van der Waals surface area contributed by atoms with Gasteiger partial charge in [0.15, 0.2) is 11.6 Å². The first kappa shape index (κ1) is 20.0. The number of H-pyrrole nitrogens is 1. The molecule has 4 aromatic heterocycles. The summed E-state index contributed by atoms with van der Waals surface area (Å²) in [6.07, 6.45) is 6.78. The number of nitrogens with zero attached hydrogens (tertiary/aromatic N) is 4. The smallest absolute Gasteiger partial charge is 0.308 e. The van der Waals surface area contributed by atoms with Gasteiger partial charge in [0.1, 0.15) is 17.0 Å². The Labute approximate surface area is 188 Å². The Morgan fingerprint density at radius 1 is 1.27 bits per heavy atom. The van der Waals surface area contributed by atoms with E-state index in [-0.39, 0.29) is 17.9 Å². The van der Waals surface area contributed by atoms with Crippen LogP contribution < -0.4 is 10.1 Å². The van der Waals surface area contributed by atoms with Crippen LogP contribution in [0.5, 0.6) is 5.88 Å². The van der Waals surface area contributed by atoms with Gasteiger partial charge in [-0.15, -0.1) is 5.10 Å². The van der Waals surface area contributed by atoms with Crippen molar-refractivity contribution in [3.8, 4) is 17.3 Å². The van der Waals surface area contributed by atoms with E-state index >= 15 is 0 Å². The van der Waals surface area contributed by atoms with E-state index in [1.54, 1.807) is 23.9 Å². The maximum atomic E-state index is 13.9. The molecule has 0 aliphatic heterocycles. The summed E-state index contributed by atoms with van der Waals surface area (Å²) in [5.41, 5.74) is 1.81. The van der Waals surface area contributed by atoms with Gasteiger partial charge in [0.2, 0.25) is 5.88 Å². The molecule has 0 aromatic carbocycles. The Hall–Kier alpha value is -3.69. The fourth-order valence-electron chi connectivity index (χ4n) is 5.68. The van der Waals surface area contributed by atoms with Gasteiger partial charge in [-0.1, -0.05) is 0 Å². The number of carboxylic acids is 1. The highest BCUT2D eigenvalue weighted by Gasteiger charge is 2.47. The molecule has 9 nitrogen and oxygen atoms in total. The van der Waals surface area contributed by atoms with Crippen molar-refractivity contribution in [1.82, 2.24) is 24.6 Å². The molecule has 3 aliphatic carbocycles. The fourth-order valence-corrected chi connectivity index (χ4v) is 5.68. The largest absolute Gasteiger partial charge is 0.481 e. The molecule has 2 atom stereocenters. The maximum absolute atomic E-state index is 13.9. The average molecular weight is 450 g/mol. The lowest BCUT2D eigenvalue weighted by molar-refractivity contribution is -0.148. The summed E-state index contributed by atoms with van der Waals surface area (Å²) in [6, 6.07) is 4.81. The number of aliphatic carboxylic acids is 1. The molecule has 0 spiro atoms. The van der Waals surface area contributed by atoms with Crippen LogP contribution in [0, 0.1) is 23.6 Å².